The quantitative estimate of drug-likeness (QED) is 0.466. The average molecular weight is 529 g/mol. The lowest BCUT2D eigenvalue weighted by Gasteiger charge is -2.47. The number of amides is 2. The predicted octanol–water partition coefficient (Wildman–Crippen LogP) is 1.36. The molecule has 11 heteroatoms. The zero-order valence-electron chi connectivity index (χ0n) is 21.0. The molecule has 37 heavy (non-hydrogen) atoms. The Morgan fingerprint density at radius 2 is 1.92 bits per heavy atom. The summed E-state index contributed by atoms with van der Waals surface area (Å²) in [7, 11) is -3.59. The van der Waals surface area contributed by atoms with Gasteiger partial charge in [0.15, 0.2) is 9.84 Å². The van der Waals surface area contributed by atoms with Crippen LogP contribution in [0, 0.1) is 0 Å². The molecule has 5 N–H and O–H groups in total. The molecule has 2 aromatic carbocycles. The second kappa shape index (κ2) is 8.80. The molecule has 1 fully saturated rings. The maximum Gasteiger partial charge on any atom is 0.251 e. The molecule has 10 nitrogen and oxygen atoms in total. The van der Waals surface area contributed by atoms with Crippen LogP contribution in [0.4, 0.5) is 0 Å². The van der Waals surface area contributed by atoms with Gasteiger partial charge in [-0.15, -0.1) is 0 Å². The Morgan fingerprint density at radius 1 is 1.19 bits per heavy atom. The molecule has 5 rings (SSSR count). The van der Waals surface area contributed by atoms with E-state index in [0.717, 1.165) is 0 Å². The van der Waals surface area contributed by atoms with Crippen LogP contribution in [-0.2, 0) is 14.6 Å². The number of nitrogens with two attached hydrogens (primary N) is 1. The third kappa shape index (κ3) is 4.61. The van der Waals surface area contributed by atoms with Gasteiger partial charge in [-0.1, -0.05) is 18.2 Å². The molecule has 2 aromatic rings. The number of rotatable bonds is 3. The summed E-state index contributed by atoms with van der Waals surface area (Å²) in [6, 6.07) is 10.2. The van der Waals surface area contributed by atoms with Gasteiger partial charge in [0.05, 0.1) is 22.7 Å². The van der Waals surface area contributed by atoms with Gasteiger partial charge in [0.1, 0.15) is 24.2 Å². The van der Waals surface area contributed by atoms with Gasteiger partial charge in [0, 0.05) is 23.1 Å². The van der Waals surface area contributed by atoms with E-state index in [-0.39, 0.29) is 41.6 Å². The van der Waals surface area contributed by atoms with E-state index in [1.807, 2.05) is 19.9 Å². The highest BCUT2D eigenvalue weighted by molar-refractivity contribution is 7.91. The average Bonchev–Trinajstić information content (AvgIpc) is 2.81. The lowest BCUT2D eigenvalue weighted by Crippen LogP contribution is -2.67. The van der Waals surface area contributed by atoms with Gasteiger partial charge in [0.2, 0.25) is 5.91 Å². The first-order valence-electron chi connectivity index (χ1n) is 12.3. The third-order valence-corrected chi connectivity index (χ3v) is 9.14. The molecule has 0 aromatic heterocycles. The standard InChI is InChI=1S/C26H32N4O6S/c1-25(2)13-21(31)30(24(27)29-25)18-10-11-37(34,35)20-9-8-15(12-17(18)20)23(32)28-22-16-6-4-5-7-19(16)36-14-26(22,3)33/h4-9,12,18,22,24,29,33H,10-11,13-14,27H2,1-3H3,(H,28,32)/t18?,22-,24?,26-/m1/s1. The fraction of sp³-hybridized carbons (Fsp3) is 0.462. The Kier molecular flexibility index (Phi) is 6.10. The predicted molar refractivity (Wildman–Crippen MR) is 135 cm³/mol. The van der Waals surface area contributed by atoms with Crippen LogP contribution in [0.3, 0.4) is 0 Å². The number of hydrogen-bond donors (Lipinski definition) is 4. The maximum atomic E-state index is 13.4. The molecule has 4 atom stereocenters. The minimum absolute atomic E-state index is 0.00221. The molecule has 1 saturated heterocycles. The highest BCUT2D eigenvalue weighted by Crippen LogP contribution is 2.40. The number of fused-ring (bicyclic) bond motifs is 2. The topological polar surface area (TPSA) is 151 Å². The lowest BCUT2D eigenvalue weighted by molar-refractivity contribution is -0.144. The molecule has 0 aliphatic carbocycles. The van der Waals surface area contributed by atoms with Gasteiger partial charge < -0.3 is 20.1 Å². The molecule has 3 aliphatic heterocycles. The first-order valence-corrected chi connectivity index (χ1v) is 13.9. The fourth-order valence-electron chi connectivity index (χ4n) is 5.51. The van der Waals surface area contributed by atoms with Crippen molar-refractivity contribution in [3.05, 3.63) is 59.2 Å². The van der Waals surface area contributed by atoms with Crippen LogP contribution >= 0.6 is 0 Å². The third-order valence-electron chi connectivity index (χ3n) is 7.33. The van der Waals surface area contributed by atoms with Crippen LogP contribution in [0.1, 0.15) is 67.2 Å². The van der Waals surface area contributed by atoms with Crippen molar-refractivity contribution in [3.8, 4) is 5.75 Å². The second-order valence-electron chi connectivity index (χ2n) is 10.9. The highest BCUT2D eigenvalue weighted by Gasteiger charge is 2.44. The van der Waals surface area contributed by atoms with Gasteiger partial charge >= 0.3 is 0 Å². The summed E-state index contributed by atoms with van der Waals surface area (Å²) in [5, 5.41) is 17.1. The SMILES string of the molecule is CC1(C)CC(=O)N(C2CCS(=O)(=O)c3ccc(C(=O)N[C@@H]4c5ccccc5OC[C@@]4(C)O)cc32)C(N)N1. The van der Waals surface area contributed by atoms with Crippen molar-refractivity contribution in [1.29, 1.82) is 0 Å². The second-order valence-corrected chi connectivity index (χ2v) is 13.0. The van der Waals surface area contributed by atoms with Gasteiger partial charge in [-0.25, -0.2) is 8.42 Å². The first-order chi connectivity index (χ1) is 17.3. The van der Waals surface area contributed by atoms with Crippen molar-refractivity contribution < 1.29 is 27.9 Å². The molecule has 198 valence electrons. The fourth-order valence-corrected chi connectivity index (χ4v) is 7.09. The van der Waals surface area contributed by atoms with E-state index in [4.69, 9.17) is 10.5 Å². The Labute approximate surface area is 216 Å². The van der Waals surface area contributed by atoms with Crippen LogP contribution in [0.25, 0.3) is 0 Å². The summed E-state index contributed by atoms with van der Waals surface area (Å²) in [6.07, 6.45) is -0.428. The lowest BCUT2D eigenvalue weighted by atomic mass is 9.87. The number of carbonyl (C=O) groups excluding carboxylic acids is 2. The number of hydrogen-bond acceptors (Lipinski definition) is 8. The zero-order chi connectivity index (χ0) is 26.8. The largest absolute Gasteiger partial charge is 0.490 e. The summed E-state index contributed by atoms with van der Waals surface area (Å²) in [5.74, 6) is -0.224. The van der Waals surface area contributed by atoms with Crippen LogP contribution in [-0.4, -0.2) is 60.0 Å². The van der Waals surface area contributed by atoms with Crippen LogP contribution in [0.5, 0.6) is 5.75 Å². The summed E-state index contributed by atoms with van der Waals surface area (Å²) < 4.78 is 31.4. The summed E-state index contributed by atoms with van der Waals surface area (Å²) >= 11 is 0. The molecule has 0 bridgehead atoms. The van der Waals surface area contributed by atoms with E-state index in [9.17, 15) is 23.1 Å². The van der Waals surface area contributed by atoms with E-state index in [0.29, 0.717) is 16.9 Å². The minimum atomic E-state index is -3.59. The minimum Gasteiger partial charge on any atom is -0.490 e. The van der Waals surface area contributed by atoms with E-state index >= 15 is 0 Å². The number of aliphatic hydroxyl groups is 1. The van der Waals surface area contributed by atoms with Crippen molar-refractivity contribution in [2.24, 2.45) is 5.73 Å². The monoisotopic (exact) mass is 528 g/mol. The maximum absolute atomic E-state index is 13.4. The molecule has 3 aliphatic rings. The van der Waals surface area contributed by atoms with E-state index in [2.05, 4.69) is 10.6 Å². The molecule has 0 spiro atoms. The Bertz CT molecular complexity index is 1370. The van der Waals surface area contributed by atoms with Crippen LogP contribution in [0.15, 0.2) is 47.4 Å². The Hall–Kier alpha value is -2.99. The normalized spacial score (nSPS) is 30.0. The number of carbonyl (C=O) groups is 2. The van der Waals surface area contributed by atoms with Crippen molar-refractivity contribution in [2.75, 3.05) is 12.4 Å². The van der Waals surface area contributed by atoms with Crippen LogP contribution in [0.2, 0.25) is 0 Å². The molecule has 0 radical (unpaired) electrons. The van der Waals surface area contributed by atoms with Gasteiger partial charge in [0.25, 0.3) is 5.91 Å². The molecule has 2 amide bonds. The zero-order valence-corrected chi connectivity index (χ0v) is 21.8. The number of ether oxygens (including phenoxy) is 1. The van der Waals surface area contributed by atoms with Crippen LogP contribution < -0.4 is 21.1 Å². The number of nitrogens with one attached hydrogen (secondary N) is 2. The highest BCUT2D eigenvalue weighted by atomic mass is 32.2. The summed E-state index contributed by atoms with van der Waals surface area (Å²) in [6.45, 7) is 5.35. The number of benzene rings is 2. The number of nitrogens with zero attached hydrogens (tertiary/aromatic N) is 1. The van der Waals surface area contributed by atoms with E-state index < -0.39 is 45.3 Å². The molecular formula is C26H32N4O6S. The number of sulfone groups is 1. The molecule has 3 heterocycles. The van der Waals surface area contributed by atoms with Crippen molar-refractivity contribution in [2.45, 2.75) is 68.0 Å². The van der Waals surface area contributed by atoms with Gasteiger partial charge in [-0.2, -0.15) is 0 Å². The smallest absolute Gasteiger partial charge is 0.251 e. The summed E-state index contributed by atoms with van der Waals surface area (Å²) in [5.41, 5.74) is 5.69. The van der Waals surface area contributed by atoms with E-state index in [1.165, 1.54) is 23.1 Å². The molecule has 2 unspecified atom stereocenters. The van der Waals surface area contributed by atoms with Crippen molar-refractivity contribution >= 4 is 21.7 Å². The first kappa shape index (κ1) is 25.7. The Morgan fingerprint density at radius 3 is 2.65 bits per heavy atom. The van der Waals surface area contributed by atoms with Gasteiger partial charge in [-0.3, -0.25) is 20.6 Å². The molecular weight excluding hydrogens is 496 g/mol. The van der Waals surface area contributed by atoms with Crippen molar-refractivity contribution in [3.63, 3.8) is 0 Å². The molecule has 0 saturated carbocycles. The Balaban J connectivity index is 1.50. The number of para-hydroxylation sites is 1. The van der Waals surface area contributed by atoms with E-state index in [1.54, 1.807) is 25.1 Å². The van der Waals surface area contributed by atoms with Crippen molar-refractivity contribution in [1.82, 2.24) is 15.5 Å². The summed E-state index contributed by atoms with van der Waals surface area (Å²) in [4.78, 5) is 28.1. The van der Waals surface area contributed by atoms with Gasteiger partial charge in [-0.05, 0) is 57.0 Å².